The van der Waals surface area contributed by atoms with E-state index in [9.17, 15) is 5.21 Å². The van der Waals surface area contributed by atoms with Gasteiger partial charge in [-0.3, -0.25) is 0 Å². The van der Waals surface area contributed by atoms with Crippen molar-refractivity contribution in [2.45, 2.75) is 26.6 Å². The first-order valence-electron chi connectivity index (χ1n) is 12.7. The van der Waals surface area contributed by atoms with Gasteiger partial charge in [0.25, 0.3) is 0 Å². The van der Waals surface area contributed by atoms with Gasteiger partial charge < -0.3 is 24.6 Å². The number of para-hydroxylation sites is 6. The van der Waals surface area contributed by atoms with E-state index in [0.29, 0.717) is 37.2 Å². The smallest absolute Gasteiger partial charge is 0.162 e. The largest absolute Gasteiger partial charge is 0.341 e. The van der Waals surface area contributed by atoms with E-state index in [4.69, 9.17) is 9.97 Å². The first kappa shape index (κ1) is 23.4. The molecule has 0 radical (unpaired) electrons. The quantitative estimate of drug-likeness (QED) is 0.162. The van der Waals surface area contributed by atoms with Gasteiger partial charge in [-0.1, -0.05) is 36.4 Å². The lowest BCUT2D eigenvalue weighted by Gasteiger charge is -2.37. The monoisotopic (exact) mass is 495 g/mol. The molecule has 0 aliphatic rings. The molecule has 4 N–H and O–H groups in total. The topological polar surface area (TPSA) is 110 Å². The van der Waals surface area contributed by atoms with Crippen LogP contribution in [0.15, 0.2) is 72.8 Å². The van der Waals surface area contributed by atoms with Crippen LogP contribution in [-0.2, 0) is 19.6 Å². The lowest BCUT2D eigenvalue weighted by atomic mass is 10.3. The van der Waals surface area contributed by atoms with Crippen LogP contribution < -0.4 is 0 Å². The fraction of sp³-hybridized carbons (Fsp3) is 0.250. The summed E-state index contributed by atoms with van der Waals surface area (Å²) in [6, 6.07) is 24.1. The van der Waals surface area contributed by atoms with Crippen molar-refractivity contribution >= 4 is 33.1 Å². The molecule has 0 saturated heterocycles. The van der Waals surface area contributed by atoms with Crippen molar-refractivity contribution in [1.29, 1.82) is 0 Å². The molecule has 0 saturated carbocycles. The van der Waals surface area contributed by atoms with Crippen LogP contribution in [0, 0.1) is 0 Å². The van der Waals surface area contributed by atoms with Crippen molar-refractivity contribution in [3.05, 3.63) is 90.3 Å². The summed E-state index contributed by atoms with van der Waals surface area (Å²) in [6.45, 7) is 5.95. The van der Waals surface area contributed by atoms with E-state index in [-0.39, 0.29) is 0 Å². The predicted molar refractivity (Wildman–Crippen MR) is 144 cm³/mol. The van der Waals surface area contributed by atoms with E-state index < -0.39 is 0 Å². The van der Waals surface area contributed by atoms with Gasteiger partial charge in [0.2, 0.25) is 0 Å². The van der Waals surface area contributed by atoms with Gasteiger partial charge in [-0.25, -0.2) is 15.0 Å². The fourth-order valence-electron chi connectivity index (χ4n) is 5.05. The van der Waals surface area contributed by atoms with Gasteiger partial charge in [-0.05, 0) is 43.3 Å². The molecule has 0 amide bonds. The number of likely N-dealkylation sites (N-methyl/N-ethyl adjacent to an activating group) is 1. The lowest BCUT2D eigenvalue weighted by Crippen LogP contribution is -2.50. The van der Waals surface area contributed by atoms with Crippen LogP contribution >= 0.6 is 0 Å². The van der Waals surface area contributed by atoms with E-state index in [1.807, 2.05) is 60.7 Å². The maximum absolute atomic E-state index is 10.9. The zero-order chi connectivity index (χ0) is 25.2. The Morgan fingerprint density at radius 1 is 0.676 bits per heavy atom. The second-order valence-electron chi connectivity index (χ2n) is 9.69. The number of quaternary nitrogens is 1. The molecule has 3 aromatic carbocycles. The number of hydroxylamine groups is 2. The molecule has 9 nitrogen and oxygen atoms in total. The highest BCUT2D eigenvalue weighted by Crippen LogP contribution is 2.22. The summed E-state index contributed by atoms with van der Waals surface area (Å²) in [4.78, 5) is 24.6. The predicted octanol–water partition coefficient (Wildman–Crippen LogP) is 4.74. The molecular formula is C28H31N8O+. The number of nitrogens with one attached hydrogen (secondary N) is 3. The minimum atomic E-state index is 0.327. The molecular weight excluding hydrogens is 464 g/mol. The average molecular weight is 496 g/mol. The van der Waals surface area contributed by atoms with E-state index in [2.05, 4.69) is 39.0 Å². The molecule has 3 aromatic heterocycles. The van der Waals surface area contributed by atoms with Crippen molar-refractivity contribution in [3.8, 4) is 0 Å². The Bertz CT molecular complexity index is 1470. The Labute approximate surface area is 214 Å². The highest BCUT2D eigenvalue weighted by Gasteiger charge is 2.30. The lowest BCUT2D eigenvalue weighted by molar-refractivity contribution is -0.953. The van der Waals surface area contributed by atoms with Gasteiger partial charge in [0.05, 0.1) is 59.3 Å². The highest BCUT2D eigenvalue weighted by molar-refractivity contribution is 5.76. The maximum Gasteiger partial charge on any atom is 0.162 e. The number of H-pyrrole nitrogens is 3. The number of imidazole rings is 3. The van der Waals surface area contributed by atoms with E-state index in [1.54, 1.807) is 0 Å². The third-order valence-corrected chi connectivity index (χ3v) is 7.12. The Morgan fingerprint density at radius 3 is 1.57 bits per heavy atom. The summed E-state index contributed by atoms with van der Waals surface area (Å²) in [7, 11) is 0. The first-order chi connectivity index (χ1) is 18.1. The SMILES string of the molecule is CC[N+](CCN(O)Cc1nc2ccccc2[nH]1)(Cc1nc2ccccc2[nH]1)Cc1nc2ccccc2[nH]1. The van der Waals surface area contributed by atoms with Crippen molar-refractivity contribution < 1.29 is 9.69 Å². The van der Waals surface area contributed by atoms with Gasteiger partial charge >= 0.3 is 0 Å². The molecule has 0 aliphatic carbocycles. The van der Waals surface area contributed by atoms with Gasteiger partial charge in [0.15, 0.2) is 11.6 Å². The molecule has 9 heteroatoms. The first-order valence-corrected chi connectivity index (χ1v) is 12.7. The van der Waals surface area contributed by atoms with Gasteiger partial charge in [0.1, 0.15) is 18.9 Å². The standard InChI is InChI=1S/C28H31N8O/c1-2-36(18-27-31-22-11-5-6-12-23(22)32-27,19-28-33-24-13-7-8-14-25(24)34-28)16-15-35(37)17-26-29-20-9-3-4-10-21(20)30-26/h3-14,37H,2,15-19H2,1H3,(H,29,30)(H,31,32)(H,33,34)/q+1. The molecule has 0 aliphatic heterocycles. The minimum Gasteiger partial charge on any atom is -0.341 e. The Hall–Kier alpha value is -4.05. The van der Waals surface area contributed by atoms with Gasteiger partial charge in [0, 0.05) is 0 Å². The summed E-state index contributed by atoms with van der Waals surface area (Å²) in [5.41, 5.74) is 5.86. The van der Waals surface area contributed by atoms with Gasteiger partial charge in [-0.2, -0.15) is 5.06 Å². The van der Waals surface area contributed by atoms with Crippen molar-refractivity contribution in [2.24, 2.45) is 0 Å². The van der Waals surface area contributed by atoms with Crippen LogP contribution in [0.3, 0.4) is 0 Å². The zero-order valence-corrected chi connectivity index (χ0v) is 20.9. The number of hydrogen-bond donors (Lipinski definition) is 4. The zero-order valence-electron chi connectivity index (χ0n) is 20.9. The van der Waals surface area contributed by atoms with E-state index in [1.165, 1.54) is 5.06 Å². The van der Waals surface area contributed by atoms with Crippen LogP contribution in [-0.4, -0.2) is 64.3 Å². The van der Waals surface area contributed by atoms with Crippen molar-refractivity contribution in [1.82, 2.24) is 35.0 Å². The fourth-order valence-corrected chi connectivity index (χ4v) is 5.05. The Balaban J connectivity index is 1.24. The molecule has 6 aromatic rings. The summed E-state index contributed by atoms with van der Waals surface area (Å²) in [5.74, 6) is 2.61. The molecule has 6 rings (SSSR count). The number of benzene rings is 3. The second-order valence-corrected chi connectivity index (χ2v) is 9.69. The second kappa shape index (κ2) is 9.78. The molecule has 0 spiro atoms. The van der Waals surface area contributed by atoms with Crippen LogP contribution in [0.5, 0.6) is 0 Å². The molecule has 0 bridgehead atoms. The average Bonchev–Trinajstić information content (AvgIpc) is 3.62. The van der Waals surface area contributed by atoms with E-state index in [0.717, 1.165) is 57.1 Å². The molecule has 37 heavy (non-hydrogen) atoms. The highest BCUT2D eigenvalue weighted by atomic mass is 16.5. The van der Waals surface area contributed by atoms with Crippen LogP contribution in [0.4, 0.5) is 0 Å². The molecule has 0 unspecified atom stereocenters. The van der Waals surface area contributed by atoms with Crippen LogP contribution in [0.1, 0.15) is 24.4 Å². The molecule has 188 valence electrons. The summed E-state index contributed by atoms with van der Waals surface area (Å²) >= 11 is 0. The normalized spacial score (nSPS) is 12.4. The summed E-state index contributed by atoms with van der Waals surface area (Å²) < 4.78 is 0.677. The van der Waals surface area contributed by atoms with Gasteiger partial charge in [-0.15, -0.1) is 0 Å². The number of hydrogen-bond acceptors (Lipinski definition) is 5. The molecule has 0 fully saturated rings. The van der Waals surface area contributed by atoms with Crippen LogP contribution in [0.2, 0.25) is 0 Å². The summed E-state index contributed by atoms with van der Waals surface area (Å²) in [6.07, 6.45) is 0. The number of rotatable bonds is 10. The molecule has 0 atom stereocenters. The van der Waals surface area contributed by atoms with Crippen molar-refractivity contribution in [2.75, 3.05) is 19.6 Å². The maximum atomic E-state index is 10.9. The van der Waals surface area contributed by atoms with Crippen molar-refractivity contribution in [3.63, 3.8) is 0 Å². The third-order valence-electron chi connectivity index (χ3n) is 7.12. The van der Waals surface area contributed by atoms with E-state index >= 15 is 0 Å². The number of aromatic amines is 3. The third kappa shape index (κ3) is 4.97. The number of fused-ring (bicyclic) bond motifs is 3. The molecule has 3 heterocycles. The number of aromatic nitrogens is 6. The Kier molecular flexibility index (Phi) is 6.17. The Morgan fingerprint density at radius 2 is 1.11 bits per heavy atom. The summed E-state index contributed by atoms with van der Waals surface area (Å²) in [5, 5.41) is 12.2. The minimum absolute atomic E-state index is 0.327. The van der Waals surface area contributed by atoms with Crippen LogP contribution in [0.25, 0.3) is 33.1 Å². The number of nitrogens with zero attached hydrogens (tertiary/aromatic N) is 5.